The first kappa shape index (κ1) is 13.7. The molecule has 2 aromatic carbocycles. The van der Waals surface area contributed by atoms with E-state index in [0.717, 1.165) is 26.4 Å². The Bertz CT molecular complexity index is 771. The number of aliphatic hydroxyl groups excluding tert-OH is 1. The molecular formula is C17H14N2OS. The van der Waals surface area contributed by atoms with E-state index >= 15 is 0 Å². The lowest BCUT2D eigenvalue weighted by atomic mass is 9.97. The number of thiazole rings is 1. The van der Waals surface area contributed by atoms with Crippen molar-refractivity contribution in [3.05, 3.63) is 64.7 Å². The molecule has 0 aliphatic carbocycles. The minimum Gasteiger partial charge on any atom is -0.392 e. The van der Waals surface area contributed by atoms with Gasteiger partial charge in [0.05, 0.1) is 22.9 Å². The van der Waals surface area contributed by atoms with Gasteiger partial charge in [0.15, 0.2) is 0 Å². The van der Waals surface area contributed by atoms with Crippen LogP contribution in [-0.2, 0) is 13.0 Å². The monoisotopic (exact) mass is 294 g/mol. The summed E-state index contributed by atoms with van der Waals surface area (Å²) in [5, 5.41) is 19.7. The zero-order chi connectivity index (χ0) is 14.7. The highest BCUT2D eigenvalue weighted by molar-refractivity contribution is 7.18. The standard InChI is InChI=1S/C17H14N2OS/c18-10-14(9-12-5-1-2-6-13(12)11-20)17-19-15-7-3-4-8-16(15)21-17/h1-8,14,20H,9,11H2/t14-/m0/s1. The summed E-state index contributed by atoms with van der Waals surface area (Å²) >= 11 is 1.57. The fourth-order valence-corrected chi connectivity index (χ4v) is 3.37. The van der Waals surface area contributed by atoms with Crippen LogP contribution in [0.2, 0.25) is 0 Å². The lowest BCUT2D eigenvalue weighted by Gasteiger charge is -2.09. The molecule has 0 aliphatic rings. The molecule has 0 unspecified atom stereocenters. The van der Waals surface area contributed by atoms with E-state index in [0.29, 0.717) is 6.42 Å². The van der Waals surface area contributed by atoms with Gasteiger partial charge < -0.3 is 5.11 Å². The third kappa shape index (κ3) is 2.80. The minimum atomic E-state index is -0.282. The summed E-state index contributed by atoms with van der Waals surface area (Å²) in [5.74, 6) is -0.282. The normalized spacial score (nSPS) is 12.2. The van der Waals surface area contributed by atoms with E-state index in [2.05, 4.69) is 11.1 Å². The lowest BCUT2D eigenvalue weighted by Crippen LogP contribution is -2.03. The molecule has 1 N–H and O–H groups in total. The fourth-order valence-electron chi connectivity index (χ4n) is 2.36. The number of hydrogen-bond acceptors (Lipinski definition) is 4. The first-order valence-corrected chi connectivity index (χ1v) is 7.56. The van der Waals surface area contributed by atoms with Crippen LogP contribution in [0.15, 0.2) is 48.5 Å². The number of para-hydroxylation sites is 1. The maximum atomic E-state index is 9.48. The summed E-state index contributed by atoms with van der Waals surface area (Å²) < 4.78 is 1.10. The number of nitriles is 1. The number of fused-ring (bicyclic) bond motifs is 1. The molecule has 3 aromatic rings. The Morgan fingerprint density at radius 3 is 2.52 bits per heavy atom. The second-order valence-electron chi connectivity index (χ2n) is 4.83. The van der Waals surface area contributed by atoms with Crippen molar-refractivity contribution in [3.8, 4) is 6.07 Å². The largest absolute Gasteiger partial charge is 0.392 e. The second-order valence-corrected chi connectivity index (χ2v) is 5.89. The zero-order valence-corrected chi connectivity index (χ0v) is 12.2. The molecule has 1 atom stereocenters. The molecule has 0 spiro atoms. The molecule has 0 aliphatic heterocycles. The van der Waals surface area contributed by atoms with E-state index in [9.17, 15) is 10.4 Å². The number of aromatic nitrogens is 1. The SMILES string of the molecule is N#C[C@H](Cc1ccccc1CO)c1nc2ccccc2s1. The lowest BCUT2D eigenvalue weighted by molar-refractivity contribution is 0.280. The predicted molar refractivity (Wildman–Crippen MR) is 84.0 cm³/mol. The minimum absolute atomic E-state index is 0.00579. The molecule has 4 heteroatoms. The van der Waals surface area contributed by atoms with Crippen molar-refractivity contribution in [1.82, 2.24) is 4.98 Å². The summed E-state index contributed by atoms with van der Waals surface area (Å²) in [6, 6.07) is 17.9. The first-order valence-electron chi connectivity index (χ1n) is 6.74. The first-order chi connectivity index (χ1) is 10.3. The number of rotatable bonds is 4. The van der Waals surface area contributed by atoms with Crippen molar-refractivity contribution in [3.63, 3.8) is 0 Å². The quantitative estimate of drug-likeness (QED) is 0.799. The van der Waals surface area contributed by atoms with Crippen LogP contribution >= 0.6 is 11.3 Å². The van der Waals surface area contributed by atoms with Crippen LogP contribution in [0.5, 0.6) is 0 Å². The average molecular weight is 294 g/mol. The van der Waals surface area contributed by atoms with Gasteiger partial charge in [-0.3, -0.25) is 0 Å². The van der Waals surface area contributed by atoms with Gasteiger partial charge in [0.25, 0.3) is 0 Å². The van der Waals surface area contributed by atoms with Crippen molar-refractivity contribution in [2.45, 2.75) is 18.9 Å². The summed E-state index contributed by atoms with van der Waals surface area (Å²) in [5.41, 5.74) is 2.82. The maximum Gasteiger partial charge on any atom is 0.111 e. The molecule has 1 aromatic heterocycles. The van der Waals surface area contributed by atoms with Gasteiger partial charge in [-0.15, -0.1) is 11.3 Å². The van der Waals surface area contributed by atoms with E-state index in [-0.39, 0.29) is 12.5 Å². The molecule has 0 saturated heterocycles. The van der Waals surface area contributed by atoms with Crippen LogP contribution in [0.25, 0.3) is 10.2 Å². The Labute approximate surface area is 127 Å². The Hall–Kier alpha value is -2.22. The van der Waals surface area contributed by atoms with Gasteiger partial charge in [-0.25, -0.2) is 4.98 Å². The molecule has 0 fully saturated rings. The van der Waals surface area contributed by atoms with Crippen LogP contribution in [0.1, 0.15) is 22.1 Å². The van der Waals surface area contributed by atoms with E-state index in [4.69, 9.17) is 0 Å². The van der Waals surface area contributed by atoms with E-state index in [1.165, 1.54) is 0 Å². The number of benzene rings is 2. The van der Waals surface area contributed by atoms with Crippen LogP contribution < -0.4 is 0 Å². The third-order valence-corrected chi connectivity index (χ3v) is 4.63. The number of hydrogen-bond donors (Lipinski definition) is 1. The van der Waals surface area contributed by atoms with Gasteiger partial charge in [0, 0.05) is 0 Å². The van der Waals surface area contributed by atoms with E-state index in [1.807, 2.05) is 48.5 Å². The van der Waals surface area contributed by atoms with Crippen molar-refractivity contribution >= 4 is 21.6 Å². The van der Waals surface area contributed by atoms with Gasteiger partial charge in [-0.2, -0.15) is 5.26 Å². The molecule has 0 radical (unpaired) electrons. The molecule has 0 bridgehead atoms. The molecule has 21 heavy (non-hydrogen) atoms. The molecular weight excluding hydrogens is 280 g/mol. The molecule has 1 heterocycles. The van der Waals surface area contributed by atoms with Gasteiger partial charge in [-0.05, 0) is 29.7 Å². The summed E-state index contributed by atoms with van der Waals surface area (Å²) in [6.07, 6.45) is 0.576. The van der Waals surface area contributed by atoms with Crippen molar-refractivity contribution in [1.29, 1.82) is 5.26 Å². The van der Waals surface area contributed by atoms with Crippen LogP contribution in [-0.4, -0.2) is 10.1 Å². The van der Waals surface area contributed by atoms with Gasteiger partial charge in [0.1, 0.15) is 10.9 Å². The highest BCUT2D eigenvalue weighted by Gasteiger charge is 2.17. The molecule has 0 amide bonds. The Kier molecular flexibility index (Phi) is 3.96. The van der Waals surface area contributed by atoms with Gasteiger partial charge in [0.2, 0.25) is 0 Å². The maximum absolute atomic E-state index is 9.48. The molecule has 0 saturated carbocycles. The predicted octanol–water partition coefficient (Wildman–Crippen LogP) is 3.64. The Balaban J connectivity index is 1.93. The third-order valence-electron chi connectivity index (χ3n) is 3.48. The van der Waals surface area contributed by atoms with Crippen LogP contribution in [0, 0.1) is 11.3 Å². The van der Waals surface area contributed by atoms with Gasteiger partial charge >= 0.3 is 0 Å². The Morgan fingerprint density at radius 2 is 1.81 bits per heavy atom. The number of aliphatic hydroxyl groups is 1. The molecule has 3 rings (SSSR count). The topological polar surface area (TPSA) is 56.9 Å². The summed E-state index contributed by atoms with van der Waals surface area (Å²) in [4.78, 5) is 4.57. The molecule has 104 valence electrons. The van der Waals surface area contributed by atoms with Crippen molar-refractivity contribution in [2.24, 2.45) is 0 Å². The number of nitrogens with zero attached hydrogens (tertiary/aromatic N) is 2. The fraction of sp³-hybridized carbons (Fsp3) is 0.176. The van der Waals surface area contributed by atoms with Gasteiger partial charge in [-0.1, -0.05) is 36.4 Å². The van der Waals surface area contributed by atoms with E-state index < -0.39 is 0 Å². The summed E-state index contributed by atoms with van der Waals surface area (Å²) in [7, 11) is 0. The average Bonchev–Trinajstić information content (AvgIpc) is 2.96. The van der Waals surface area contributed by atoms with Crippen molar-refractivity contribution < 1.29 is 5.11 Å². The smallest absolute Gasteiger partial charge is 0.111 e. The van der Waals surface area contributed by atoms with Crippen molar-refractivity contribution in [2.75, 3.05) is 0 Å². The van der Waals surface area contributed by atoms with Crippen LogP contribution in [0.3, 0.4) is 0 Å². The highest BCUT2D eigenvalue weighted by Crippen LogP contribution is 2.30. The van der Waals surface area contributed by atoms with Crippen LogP contribution in [0.4, 0.5) is 0 Å². The Morgan fingerprint density at radius 1 is 1.10 bits per heavy atom. The van der Waals surface area contributed by atoms with E-state index in [1.54, 1.807) is 11.3 Å². The molecule has 3 nitrogen and oxygen atoms in total. The zero-order valence-electron chi connectivity index (χ0n) is 11.4. The highest BCUT2D eigenvalue weighted by atomic mass is 32.1. The summed E-state index contributed by atoms with van der Waals surface area (Å²) in [6.45, 7) is -0.00579. The second kappa shape index (κ2) is 6.04.